The van der Waals surface area contributed by atoms with Crippen molar-refractivity contribution in [3.05, 3.63) is 47.5 Å². The Hall–Kier alpha value is -2.64. The summed E-state index contributed by atoms with van der Waals surface area (Å²) in [5.41, 5.74) is -1.67. The number of nitrogens with zero attached hydrogens (tertiary/aromatic N) is 2. The molecule has 0 atom stereocenters. The molecule has 0 heterocycles. The van der Waals surface area contributed by atoms with Crippen molar-refractivity contribution < 1.29 is 27.4 Å². The molecule has 0 bridgehead atoms. The van der Waals surface area contributed by atoms with E-state index >= 15 is 0 Å². The highest BCUT2D eigenvalue weighted by Crippen LogP contribution is 2.32. The molecule has 0 spiro atoms. The van der Waals surface area contributed by atoms with Crippen molar-refractivity contribution in [3.63, 3.8) is 0 Å². The largest absolute Gasteiger partial charge is 0.508 e. The van der Waals surface area contributed by atoms with Crippen LogP contribution in [0.2, 0.25) is 0 Å². The molecule has 0 unspecified atom stereocenters. The molecule has 2 aromatic carbocycles. The monoisotopic (exact) mass is 342 g/mol. The van der Waals surface area contributed by atoms with Crippen molar-refractivity contribution in [1.29, 1.82) is 0 Å². The predicted octanol–water partition coefficient (Wildman–Crippen LogP) is 5.54. The predicted molar refractivity (Wildman–Crippen MR) is 79.0 cm³/mol. The van der Waals surface area contributed by atoms with Crippen LogP contribution in [0.25, 0.3) is 0 Å². The molecule has 0 amide bonds. The van der Waals surface area contributed by atoms with Gasteiger partial charge in [-0.1, -0.05) is 13.3 Å². The lowest BCUT2D eigenvalue weighted by atomic mass is 10.2. The van der Waals surface area contributed by atoms with Crippen molar-refractivity contribution in [2.45, 2.75) is 19.8 Å². The minimum absolute atomic E-state index is 0.0144. The van der Waals surface area contributed by atoms with E-state index < -0.39 is 40.4 Å². The number of phenolic OH excluding ortho intramolecular Hbond substituents is 1. The number of hydrogen-bond acceptors (Lipinski definition) is 4. The topological polar surface area (TPSA) is 54.2 Å². The average molecular weight is 342 g/mol. The standard InChI is InChI=1S/C16H14F4N2O2/c1-2-3-4-24-10-7-13(19)16(14(20)8-10)22-21-15-11(17)5-9(23)6-12(15)18/h5-8,23H,2-4H2,1H3. The number of azo groups is 1. The Morgan fingerprint density at radius 3 is 1.79 bits per heavy atom. The number of phenols is 1. The van der Waals surface area contributed by atoms with Crippen LogP contribution in [-0.4, -0.2) is 11.7 Å². The molecule has 128 valence electrons. The molecule has 0 radical (unpaired) electrons. The van der Waals surface area contributed by atoms with E-state index in [1.54, 1.807) is 0 Å². The van der Waals surface area contributed by atoms with Crippen LogP contribution in [0.3, 0.4) is 0 Å². The lowest BCUT2D eigenvalue weighted by Crippen LogP contribution is -1.97. The summed E-state index contributed by atoms with van der Waals surface area (Å²) in [5.74, 6) is -5.24. The third kappa shape index (κ3) is 4.21. The van der Waals surface area contributed by atoms with Crippen molar-refractivity contribution in [3.8, 4) is 11.5 Å². The van der Waals surface area contributed by atoms with Gasteiger partial charge in [-0.2, -0.15) is 0 Å². The Balaban J connectivity index is 2.27. The number of halogens is 4. The molecule has 1 N–H and O–H groups in total. The Kier molecular flexibility index (Phi) is 5.73. The third-order valence-electron chi connectivity index (χ3n) is 3.01. The van der Waals surface area contributed by atoms with Crippen LogP contribution >= 0.6 is 0 Å². The summed E-state index contributed by atoms with van der Waals surface area (Å²) >= 11 is 0. The van der Waals surface area contributed by atoms with Gasteiger partial charge in [0.2, 0.25) is 0 Å². The van der Waals surface area contributed by atoms with Gasteiger partial charge >= 0.3 is 0 Å². The van der Waals surface area contributed by atoms with Gasteiger partial charge in [0.05, 0.1) is 6.61 Å². The fraction of sp³-hybridized carbons (Fsp3) is 0.250. The number of rotatable bonds is 6. The first kappa shape index (κ1) is 17.7. The first-order valence-electron chi connectivity index (χ1n) is 7.14. The van der Waals surface area contributed by atoms with Gasteiger partial charge in [0.25, 0.3) is 0 Å². The van der Waals surface area contributed by atoms with Crippen molar-refractivity contribution in [2.75, 3.05) is 6.61 Å². The van der Waals surface area contributed by atoms with Gasteiger partial charge in [0.15, 0.2) is 34.6 Å². The zero-order valence-electron chi connectivity index (χ0n) is 12.7. The second-order valence-corrected chi connectivity index (χ2v) is 4.90. The highest BCUT2D eigenvalue weighted by atomic mass is 19.1. The third-order valence-corrected chi connectivity index (χ3v) is 3.01. The highest BCUT2D eigenvalue weighted by Gasteiger charge is 2.14. The molecule has 0 aromatic heterocycles. The molecule has 8 heteroatoms. The second kappa shape index (κ2) is 7.76. The highest BCUT2D eigenvalue weighted by molar-refractivity contribution is 5.47. The van der Waals surface area contributed by atoms with Gasteiger partial charge in [-0.05, 0) is 6.42 Å². The summed E-state index contributed by atoms with van der Waals surface area (Å²) in [6.07, 6.45) is 1.59. The molecule has 0 aliphatic rings. The first-order valence-corrected chi connectivity index (χ1v) is 7.14. The van der Waals surface area contributed by atoms with Crippen LogP contribution in [0, 0.1) is 23.3 Å². The normalized spacial score (nSPS) is 11.2. The molecule has 0 saturated carbocycles. The Morgan fingerprint density at radius 2 is 1.33 bits per heavy atom. The van der Waals surface area contributed by atoms with Crippen molar-refractivity contribution >= 4 is 11.4 Å². The van der Waals surface area contributed by atoms with Crippen molar-refractivity contribution in [2.24, 2.45) is 10.2 Å². The average Bonchev–Trinajstić information content (AvgIpc) is 2.48. The minimum Gasteiger partial charge on any atom is -0.508 e. The Labute approximate surface area is 135 Å². The van der Waals surface area contributed by atoms with E-state index in [2.05, 4.69) is 10.2 Å². The van der Waals surface area contributed by atoms with Crippen LogP contribution in [0.4, 0.5) is 28.9 Å². The summed E-state index contributed by atoms with van der Waals surface area (Å²) in [6, 6.07) is 3.04. The number of unbranched alkanes of at least 4 members (excludes halogenated alkanes) is 1. The van der Waals surface area contributed by atoms with Crippen LogP contribution in [0.15, 0.2) is 34.5 Å². The van der Waals surface area contributed by atoms with E-state index in [1.165, 1.54) is 0 Å². The molecule has 0 saturated heterocycles. The maximum absolute atomic E-state index is 13.9. The summed E-state index contributed by atoms with van der Waals surface area (Å²) in [5, 5.41) is 15.4. The first-order chi connectivity index (χ1) is 11.4. The van der Waals surface area contributed by atoms with Crippen molar-refractivity contribution in [1.82, 2.24) is 0 Å². The summed E-state index contributed by atoms with van der Waals surface area (Å²) in [7, 11) is 0. The van der Waals surface area contributed by atoms with E-state index in [0.717, 1.165) is 25.0 Å². The van der Waals surface area contributed by atoms with E-state index in [-0.39, 0.29) is 5.75 Å². The second-order valence-electron chi connectivity index (χ2n) is 4.90. The summed E-state index contributed by atoms with van der Waals surface area (Å²) in [6.45, 7) is 2.25. The number of ether oxygens (including phenoxy) is 1. The van der Waals surface area contributed by atoms with E-state index in [9.17, 15) is 17.6 Å². The fourth-order valence-corrected chi connectivity index (χ4v) is 1.80. The maximum Gasteiger partial charge on any atom is 0.157 e. The van der Waals surface area contributed by atoms with Crippen LogP contribution in [0.1, 0.15) is 19.8 Å². The quantitative estimate of drug-likeness (QED) is 0.425. The number of hydrogen-bond donors (Lipinski definition) is 1. The van der Waals surface area contributed by atoms with Crippen LogP contribution in [0.5, 0.6) is 11.5 Å². The molecular formula is C16H14F4N2O2. The lowest BCUT2D eigenvalue weighted by molar-refractivity contribution is 0.306. The number of aromatic hydroxyl groups is 1. The minimum atomic E-state index is -1.21. The molecule has 2 rings (SSSR count). The van der Waals surface area contributed by atoms with Crippen LogP contribution < -0.4 is 4.74 Å². The van der Waals surface area contributed by atoms with E-state index in [1.807, 2.05) is 6.92 Å². The molecule has 0 fully saturated rings. The van der Waals surface area contributed by atoms with Gasteiger partial charge in [-0.25, -0.2) is 17.6 Å². The fourth-order valence-electron chi connectivity index (χ4n) is 1.80. The van der Waals surface area contributed by atoms with Crippen LogP contribution in [-0.2, 0) is 0 Å². The maximum atomic E-state index is 13.9. The molecule has 0 aliphatic carbocycles. The van der Waals surface area contributed by atoms with Gasteiger partial charge < -0.3 is 9.84 Å². The van der Waals surface area contributed by atoms with E-state index in [0.29, 0.717) is 18.7 Å². The zero-order chi connectivity index (χ0) is 17.7. The molecule has 24 heavy (non-hydrogen) atoms. The number of benzene rings is 2. The SMILES string of the molecule is CCCCOc1cc(F)c(N=Nc2c(F)cc(O)cc2F)c(F)c1. The van der Waals surface area contributed by atoms with E-state index in [4.69, 9.17) is 9.84 Å². The Morgan fingerprint density at radius 1 is 0.875 bits per heavy atom. The van der Waals surface area contributed by atoms with Gasteiger partial charge in [0, 0.05) is 24.3 Å². The molecular weight excluding hydrogens is 328 g/mol. The summed E-state index contributed by atoms with van der Waals surface area (Å²) < 4.78 is 59.9. The molecule has 4 nitrogen and oxygen atoms in total. The van der Waals surface area contributed by atoms with Gasteiger partial charge in [-0.3, -0.25) is 0 Å². The Bertz CT molecular complexity index is 720. The summed E-state index contributed by atoms with van der Waals surface area (Å²) in [4.78, 5) is 0. The molecule has 0 aliphatic heterocycles. The molecule has 2 aromatic rings. The van der Waals surface area contributed by atoms with Gasteiger partial charge in [-0.15, -0.1) is 10.2 Å². The smallest absolute Gasteiger partial charge is 0.157 e. The lowest BCUT2D eigenvalue weighted by Gasteiger charge is -2.07. The zero-order valence-corrected chi connectivity index (χ0v) is 12.7. The van der Waals surface area contributed by atoms with Gasteiger partial charge in [0.1, 0.15) is 11.5 Å².